The van der Waals surface area contributed by atoms with Crippen LogP contribution in [0.5, 0.6) is 0 Å². The first-order chi connectivity index (χ1) is 13.2. The molecule has 2 unspecified atom stereocenters. The van der Waals surface area contributed by atoms with Gasteiger partial charge in [-0.2, -0.15) is 0 Å². The van der Waals surface area contributed by atoms with Gasteiger partial charge in [-0.25, -0.2) is 0 Å². The van der Waals surface area contributed by atoms with Crippen molar-refractivity contribution in [3.05, 3.63) is 12.2 Å². The van der Waals surface area contributed by atoms with Crippen LogP contribution in [0, 0.1) is 11.8 Å². The number of nitrogens with zero attached hydrogens (tertiary/aromatic N) is 1. The molecule has 1 aliphatic heterocycles. The summed E-state index contributed by atoms with van der Waals surface area (Å²) in [5, 5.41) is 2.70. The van der Waals surface area contributed by atoms with Gasteiger partial charge in [-0.05, 0) is 24.7 Å². The highest BCUT2D eigenvalue weighted by Crippen LogP contribution is 2.18. The van der Waals surface area contributed by atoms with Gasteiger partial charge in [0.05, 0.1) is 13.1 Å². The Hall–Kier alpha value is -2.02. The lowest BCUT2D eigenvalue weighted by atomic mass is 9.94. The summed E-state index contributed by atoms with van der Waals surface area (Å²) in [6, 6.07) is 0. The van der Waals surface area contributed by atoms with Gasteiger partial charge in [-0.3, -0.25) is 24.1 Å². The molecular formula is C21H37N3O4. The molecule has 7 heteroatoms. The molecule has 0 saturated carbocycles. The summed E-state index contributed by atoms with van der Waals surface area (Å²) in [6.07, 6.45) is 8.76. The van der Waals surface area contributed by atoms with E-state index in [1.807, 2.05) is 13.8 Å². The fraction of sp³-hybridized carbons (Fsp3) is 0.714. The molecule has 1 aliphatic rings. The van der Waals surface area contributed by atoms with Crippen LogP contribution in [0.1, 0.15) is 66.2 Å². The number of carbonyl (C=O) groups excluding carboxylic acids is 4. The molecule has 0 bridgehead atoms. The van der Waals surface area contributed by atoms with Gasteiger partial charge >= 0.3 is 0 Å². The van der Waals surface area contributed by atoms with E-state index in [0.29, 0.717) is 13.0 Å². The molecule has 0 spiro atoms. The molecule has 0 aromatic rings. The second-order valence-corrected chi connectivity index (χ2v) is 7.57. The fourth-order valence-corrected chi connectivity index (χ4v) is 2.82. The summed E-state index contributed by atoms with van der Waals surface area (Å²) in [6.45, 7) is 8.96. The SMILES string of the molecule is CC(CCC(C)CN1C(=O)C=CC1=O)CC(=O)CNCC(N)=O.CCCCC. The second-order valence-electron chi connectivity index (χ2n) is 7.57. The minimum atomic E-state index is -0.486. The summed E-state index contributed by atoms with van der Waals surface area (Å²) in [4.78, 5) is 46.5. The molecule has 3 amide bonds. The number of imide groups is 1. The van der Waals surface area contributed by atoms with Crippen LogP contribution < -0.4 is 11.1 Å². The van der Waals surface area contributed by atoms with Gasteiger partial charge in [0, 0.05) is 25.1 Å². The van der Waals surface area contributed by atoms with Crippen LogP contribution in [0.15, 0.2) is 12.2 Å². The van der Waals surface area contributed by atoms with E-state index in [-0.39, 0.29) is 42.5 Å². The highest BCUT2D eigenvalue weighted by molar-refractivity contribution is 6.12. The van der Waals surface area contributed by atoms with Crippen LogP contribution >= 0.6 is 0 Å². The normalized spacial score (nSPS) is 15.2. The van der Waals surface area contributed by atoms with Crippen LogP contribution in [-0.4, -0.2) is 48.0 Å². The Kier molecular flexibility index (Phi) is 13.9. The van der Waals surface area contributed by atoms with Gasteiger partial charge < -0.3 is 11.1 Å². The summed E-state index contributed by atoms with van der Waals surface area (Å²) < 4.78 is 0. The Morgan fingerprint density at radius 2 is 1.54 bits per heavy atom. The first kappa shape index (κ1) is 26.0. The smallest absolute Gasteiger partial charge is 0.253 e. The van der Waals surface area contributed by atoms with Gasteiger partial charge in [0.25, 0.3) is 11.8 Å². The molecule has 0 aromatic carbocycles. The van der Waals surface area contributed by atoms with Crippen LogP contribution in [-0.2, 0) is 19.2 Å². The molecule has 0 aliphatic carbocycles. The third kappa shape index (κ3) is 12.4. The van der Waals surface area contributed by atoms with Crippen molar-refractivity contribution in [3.8, 4) is 0 Å². The predicted octanol–water partition coefficient (Wildman–Crippen LogP) is 2.19. The standard InChI is InChI=1S/C16H25N3O4.C5H12/c1-11(7-13(20)8-18-9-14(17)21)3-4-12(2)10-19-15(22)5-6-16(19)23;1-3-5-4-2/h5-6,11-12,18H,3-4,7-10H2,1-2H3,(H2,17,21);3-5H2,1-2H3. The molecule has 3 N–H and O–H groups in total. The van der Waals surface area contributed by atoms with Crippen molar-refractivity contribution in [1.29, 1.82) is 0 Å². The van der Waals surface area contributed by atoms with Crippen LogP contribution in [0.25, 0.3) is 0 Å². The zero-order chi connectivity index (χ0) is 21.5. The van der Waals surface area contributed by atoms with Gasteiger partial charge in [0.2, 0.25) is 5.91 Å². The molecule has 0 saturated heterocycles. The summed E-state index contributed by atoms with van der Waals surface area (Å²) in [7, 11) is 0. The zero-order valence-corrected chi connectivity index (χ0v) is 17.8. The first-order valence-electron chi connectivity index (χ1n) is 10.2. The number of amides is 3. The van der Waals surface area contributed by atoms with E-state index in [2.05, 4.69) is 19.2 Å². The van der Waals surface area contributed by atoms with Gasteiger partial charge in [-0.1, -0.05) is 47.0 Å². The maximum absolute atomic E-state index is 11.7. The number of unbranched alkanes of at least 4 members (excludes halogenated alkanes) is 2. The predicted molar refractivity (Wildman–Crippen MR) is 110 cm³/mol. The number of ketones is 1. The maximum Gasteiger partial charge on any atom is 0.253 e. The zero-order valence-electron chi connectivity index (χ0n) is 17.8. The van der Waals surface area contributed by atoms with Crippen molar-refractivity contribution in [2.24, 2.45) is 17.6 Å². The Balaban J connectivity index is 0.00000129. The van der Waals surface area contributed by atoms with E-state index in [9.17, 15) is 19.2 Å². The van der Waals surface area contributed by atoms with Gasteiger partial charge in [-0.15, -0.1) is 0 Å². The van der Waals surface area contributed by atoms with Crippen molar-refractivity contribution in [2.45, 2.75) is 66.2 Å². The number of primary amides is 1. The molecule has 2 atom stereocenters. The van der Waals surface area contributed by atoms with E-state index in [4.69, 9.17) is 5.73 Å². The number of Topliss-reactive ketones (excluding diaryl/α,β-unsaturated/α-hetero) is 1. The first-order valence-corrected chi connectivity index (χ1v) is 10.2. The third-order valence-electron chi connectivity index (χ3n) is 4.45. The van der Waals surface area contributed by atoms with Crippen LogP contribution in [0.4, 0.5) is 0 Å². The molecule has 1 heterocycles. The van der Waals surface area contributed by atoms with E-state index >= 15 is 0 Å². The van der Waals surface area contributed by atoms with E-state index in [0.717, 1.165) is 12.8 Å². The number of nitrogens with two attached hydrogens (primary N) is 1. The molecule has 1 rings (SSSR count). The van der Waals surface area contributed by atoms with E-state index in [1.165, 1.54) is 36.3 Å². The Morgan fingerprint density at radius 1 is 1.00 bits per heavy atom. The van der Waals surface area contributed by atoms with Crippen molar-refractivity contribution < 1.29 is 19.2 Å². The Morgan fingerprint density at radius 3 is 2.00 bits per heavy atom. The van der Waals surface area contributed by atoms with Gasteiger partial charge in [0.15, 0.2) is 0 Å². The van der Waals surface area contributed by atoms with E-state index in [1.54, 1.807) is 0 Å². The lowest BCUT2D eigenvalue weighted by molar-refractivity contribution is -0.137. The molecule has 28 heavy (non-hydrogen) atoms. The van der Waals surface area contributed by atoms with Crippen molar-refractivity contribution in [2.75, 3.05) is 19.6 Å². The van der Waals surface area contributed by atoms with Gasteiger partial charge in [0.1, 0.15) is 5.78 Å². The monoisotopic (exact) mass is 395 g/mol. The van der Waals surface area contributed by atoms with Crippen molar-refractivity contribution in [3.63, 3.8) is 0 Å². The molecule has 160 valence electrons. The quantitative estimate of drug-likeness (QED) is 0.465. The van der Waals surface area contributed by atoms with Crippen LogP contribution in [0.2, 0.25) is 0 Å². The number of hydrogen-bond donors (Lipinski definition) is 2. The minimum Gasteiger partial charge on any atom is -0.369 e. The highest BCUT2D eigenvalue weighted by atomic mass is 16.2. The molecule has 0 fully saturated rings. The van der Waals surface area contributed by atoms with E-state index < -0.39 is 5.91 Å². The largest absolute Gasteiger partial charge is 0.369 e. The number of nitrogens with one attached hydrogen (secondary N) is 1. The van der Waals surface area contributed by atoms with Crippen molar-refractivity contribution in [1.82, 2.24) is 10.2 Å². The van der Waals surface area contributed by atoms with Crippen LogP contribution in [0.3, 0.4) is 0 Å². The lowest BCUT2D eigenvalue weighted by Crippen LogP contribution is -2.34. The molecule has 7 nitrogen and oxygen atoms in total. The minimum absolute atomic E-state index is 0.00306. The number of rotatable bonds is 13. The average molecular weight is 396 g/mol. The Labute approximate surface area is 169 Å². The molecule has 0 radical (unpaired) electrons. The maximum atomic E-state index is 11.7. The molecule has 0 aromatic heterocycles. The lowest BCUT2D eigenvalue weighted by Gasteiger charge is -2.20. The number of carbonyl (C=O) groups is 4. The van der Waals surface area contributed by atoms with Crippen molar-refractivity contribution >= 4 is 23.5 Å². The topological polar surface area (TPSA) is 110 Å². The third-order valence-corrected chi connectivity index (χ3v) is 4.45. The summed E-state index contributed by atoms with van der Waals surface area (Å²) in [5.41, 5.74) is 4.98. The molecular weight excluding hydrogens is 358 g/mol. The average Bonchev–Trinajstić information content (AvgIpc) is 2.93. The number of hydrogen-bond acceptors (Lipinski definition) is 5. The summed E-state index contributed by atoms with van der Waals surface area (Å²) >= 11 is 0. The Bertz CT molecular complexity index is 526. The summed E-state index contributed by atoms with van der Waals surface area (Å²) in [5.74, 6) is -0.561. The fourth-order valence-electron chi connectivity index (χ4n) is 2.82. The highest BCUT2D eigenvalue weighted by Gasteiger charge is 2.25. The second kappa shape index (κ2) is 15.0.